The molecule has 0 aliphatic carbocycles. The van der Waals surface area contributed by atoms with Crippen molar-refractivity contribution in [2.45, 2.75) is 6.18 Å². The van der Waals surface area contributed by atoms with Crippen molar-refractivity contribution in [3.63, 3.8) is 0 Å². The van der Waals surface area contributed by atoms with E-state index in [2.05, 4.69) is 5.32 Å². The number of nitro groups is 1. The number of non-ortho nitro benzene ring substituents is 1. The molecule has 31 heavy (non-hydrogen) atoms. The fourth-order valence-corrected chi connectivity index (χ4v) is 2.76. The standard InChI is InChI=1S/C18H11F3N4O6/c19-18(20,21)17(29)23-10-3-1-2-9(6-10)22-14(26)8-24-15(27)12-5-4-11(25(30)31)7-13(12)16(24)28/h1-7H,8H2,(H,22,26)(H,23,29). The molecule has 0 fully saturated rings. The van der Waals surface area contributed by atoms with E-state index in [1.807, 2.05) is 0 Å². The third-order valence-corrected chi connectivity index (χ3v) is 4.13. The Labute approximate surface area is 170 Å². The maximum atomic E-state index is 12.4. The summed E-state index contributed by atoms with van der Waals surface area (Å²) in [7, 11) is 0. The zero-order valence-corrected chi connectivity index (χ0v) is 15.2. The molecule has 0 saturated carbocycles. The van der Waals surface area contributed by atoms with E-state index in [1.54, 1.807) is 5.32 Å². The minimum atomic E-state index is -5.10. The first-order valence-corrected chi connectivity index (χ1v) is 8.40. The number of benzene rings is 2. The van der Waals surface area contributed by atoms with Crippen molar-refractivity contribution in [3.8, 4) is 0 Å². The van der Waals surface area contributed by atoms with Gasteiger partial charge in [0.1, 0.15) is 6.54 Å². The Morgan fingerprint density at radius 2 is 1.58 bits per heavy atom. The average Bonchev–Trinajstić information content (AvgIpc) is 2.92. The molecule has 0 atom stereocenters. The quantitative estimate of drug-likeness (QED) is 0.419. The second kappa shape index (κ2) is 7.85. The van der Waals surface area contributed by atoms with Crippen LogP contribution in [0.3, 0.4) is 0 Å². The first-order valence-electron chi connectivity index (χ1n) is 8.40. The lowest BCUT2D eigenvalue weighted by Crippen LogP contribution is -2.37. The predicted molar refractivity (Wildman–Crippen MR) is 98.2 cm³/mol. The van der Waals surface area contributed by atoms with Gasteiger partial charge in [-0.25, -0.2) is 0 Å². The summed E-state index contributed by atoms with van der Waals surface area (Å²) in [6.07, 6.45) is -5.10. The summed E-state index contributed by atoms with van der Waals surface area (Å²) in [6, 6.07) is 7.88. The molecule has 1 heterocycles. The Morgan fingerprint density at radius 3 is 2.19 bits per heavy atom. The maximum absolute atomic E-state index is 12.4. The van der Waals surface area contributed by atoms with Crippen LogP contribution in [-0.4, -0.2) is 46.2 Å². The number of hydrogen-bond donors (Lipinski definition) is 2. The van der Waals surface area contributed by atoms with Crippen molar-refractivity contribution in [2.75, 3.05) is 17.2 Å². The molecule has 0 saturated heterocycles. The highest BCUT2D eigenvalue weighted by molar-refractivity contribution is 6.23. The Kier molecular flexibility index (Phi) is 5.43. The smallest absolute Gasteiger partial charge is 0.324 e. The molecule has 0 aromatic heterocycles. The van der Waals surface area contributed by atoms with E-state index in [9.17, 15) is 42.5 Å². The van der Waals surface area contributed by atoms with E-state index in [-0.39, 0.29) is 22.5 Å². The Morgan fingerprint density at radius 1 is 0.968 bits per heavy atom. The number of nitrogens with zero attached hydrogens (tertiary/aromatic N) is 2. The average molecular weight is 436 g/mol. The number of carbonyl (C=O) groups excluding carboxylic acids is 4. The molecule has 2 aromatic rings. The zero-order valence-electron chi connectivity index (χ0n) is 15.2. The molecule has 10 nitrogen and oxygen atoms in total. The molecule has 0 spiro atoms. The number of halogens is 3. The SMILES string of the molecule is O=C(CN1C(=O)c2ccc([N+](=O)[O-])cc2C1=O)Nc1cccc(NC(=O)C(F)(F)F)c1. The van der Waals surface area contributed by atoms with E-state index >= 15 is 0 Å². The normalized spacial score (nSPS) is 13.1. The van der Waals surface area contributed by atoms with E-state index in [0.29, 0.717) is 4.90 Å². The fourth-order valence-electron chi connectivity index (χ4n) is 2.76. The van der Waals surface area contributed by atoms with Crippen molar-refractivity contribution >= 4 is 40.7 Å². The van der Waals surface area contributed by atoms with Crippen molar-refractivity contribution in [1.82, 2.24) is 4.90 Å². The van der Waals surface area contributed by atoms with Crippen LogP contribution in [0.5, 0.6) is 0 Å². The zero-order chi connectivity index (χ0) is 22.9. The molecule has 160 valence electrons. The highest BCUT2D eigenvalue weighted by Gasteiger charge is 2.39. The number of nitrogens with one attached hydrogen (secondary N) is 2. The van der Waals surface area contributed by atoms with Gasteiger partial charge in [0, 0.05) is 23.5 Å². The number of imide groups is 1. The molecule has 3 rings (SSSR count). The Balaban J connectivity index is 1.69. The monoisotopic (exact) mass is 436 g/mol. The number of carbonyl (C=O) groups is 4. The number of nitro benzene ring substituents is 1. The van der Waals surface area contributed by atoms with Gasteiger partial charge in [-0.3, -0.25) is 34.2 Å². The largest absolute Gasteiger partial charge is 0.471 e. The van der Waals surface area contributed by atoms with E-state index in [0.717, 1.165) is 30.3 Å². The molecule has 13 heteroatoms. The second-order valence-corrected chi connectivity index (χ2v) is 6.26. The van der Waals surface area contributed by atoms with Crippen LogP contribution < -0.4 is 10.6 Å². The summed E-state index contributed by atoms with van der Waals surface area (Å²) in [5.74, 6) is -4.78. The molecule has 4 amide bonds. The van der Waals surface area contributed by atoms with Crippen LogP contribution in [0.1, 0.15) is 20.7 Å². The van der Waals surface area contributed by atoms with Crippen LogP contribution in [0.25, 0.3) is 0 Å². The van der Waals surface area contributed by atoms with Crippen LogP contribution in [0.2, 0.25) is 0 Å². The Bertz CT molecular complexity index is 1130. The van der Waals surface area contributed by atoms with Gasteiger partial charge < -0.3 is 10.6 Å². The minimum Gasteiger partial charge on any atom is -0.324 e. The summed E-state index contributed by atoms with van der Waals surface area (Å²) in [6.45, 7) is -0.737. The van der Waals surface area contributed by atoms with Crippen LogP contribution in [0.4, 0.5) is 30.2 Å². The number of amides is 4. The molecule has 0 unspecified atom stereocenters. The fraction of sp³-hybridized carbons (Fsp3) is 0.111. The summed E-state index contributed by atoms with van der Waals surface area (Å²) >= 11 is 0. The maximum Gasteiger partial charge on any atom is 0.471 e. The van der Waals surface area contributed by atoms with Crippen molar-refractivity contribution in [3.05, 3.63) is 63.7 Å². The third-order valence-electron chi connectivity index (χ3n) is 4.13. The van der Waals surface area contributed by atoms with E-state index in [1.165, 1.54) is 12.1 Å². The van der Waals surface area contributed by atoms with Gasteiger partial charge in [0.2, 0.25) is 5.91 Å². The number of alkyl halides is 3. The lowest BCUT2D eigenvalue weighted by Gasteiger charge is -2.14. The first-order chi connectivity index (χ1) is 14.5. The summed E-state index contributed by atoms with van der Waals surface area (Å²) < 4.78 is 37.0. The van der Waals surface area contributed by atoms with Crippen molar-refractivity contribution in [2.24, 2.45) is 0 Å². The molecule has 2 aromatic carbocycles. The molecule has 1 aliphatic rings. The number of fused-ring (bicyclic) bond motifs is 1. The summed E-state index contributed by atoms with van der Waals surface area (Å²) in [5.41, 5.74) is -0.960. The number of rotatable bonds is 5. The lowest BCUT2D eigenvalue weighted by molar-refractivity contribution is -0.384. The highest BCUT2D eigenvalue weighted by Crippen LogP contribution is 2.27. The van der Waals surface area contributed by atoms with Crippen molar-refractivity contribution in [1.29, 1.82) is 0 Å². The van der Waals surface area contributed by atoms with E-state index in [4.69, 9.17) is 0 Å². The first kappa shape index (κ1) is 21.4. The van der Waals surface area contributed by atoms with Gasteiger partial charge in [-0.05, 0) is 24.3 Å². The summed E-state index contributed by atoms with van der Waals surface area (Å²) in [4.78, 5) is 58.7. The van der Waals surface area contributed by atoms with Gasteiger partial charge in [0.25, 0.3) is 17.5 Å². The van der Waals surface area contributed by atoms with Crippen LogP contribution in [0, 0.1) is 10.1 Å². The second-order valence-electron chi connectivity index (χ2n) is 6.26. The van der Waals surface area contributed by atoms with Crippen LogP contribution >= 0.6 is 0 Å². The number of anilines is 2. The van der Waals surface area contributed by atoms with Gasteiger partial charge >= 0.3 is 12.1 Å². The summed E-state index contributed by atoms with van der Waals surface area (Å²) in [5, 5.41) is 14.8. The third kappa shape index (κ3) is 4.49. The van der Waals surface area contributed by atoms with E-state index < -0.39 is 47.0 Å². The van der Waals surface area contributed by atoms with Gasteiger partial charge in [-0.15, -0.1) is 0 Å². The molecular formula is C18H11F3N4O6. The number of hydrogen-bond acceptors (Lipinski definition) is 6. The predicted octanol–water partition coefficient (Wildman–Crippen LogP) is 2.33. The van der Waals surface area contributed by atoms with Gasteiger partial charge in [-0.2, -0.15) is 13.2 Å². The van der Waals surface area contributed by atoms with Crippen LogP contribution in [0.15, 0.2) is 42.5 Å². The topological polar surface area (TPSA) is 139 Å². The lowest BCUT2D eigenvalue weighted by atomic mass is 10.1. The van der Waals surface area contributed by atoms with Gasteiger partial charge in [0.15, 0.2) is 0 Å². The molecule has 2 N–H and O–H groups in total. The molecular weight excluding hydrogens is 425 g/mol. The van der Waals surface area contributed by atoms with Crippen LogP contribution in [-0.2, 0) is 9.59 Å². The Hall–Kier alpha value is -4.29. The van der Waals surface area contributed by atoms with Gasteiger partial charge in [0.05, 0.1) is 16.1 Å². The molecule has 0 bridgehead atoms. The minimum absolute atomic E-state index is 0.00257. The van der Waals surface area contributed by atoms with Gasteiger partial charge in [-0.1, -0.05) is 6.07 Å². The molecule has 0 radical (unpaired) electrons. The highest BCUT2D eigenvalue weighted by atomic mass is 19.4. The molecule has 1 aliphatic heterocycles. The van der Waals surface area contributed by atoms with Crippen molar-refractivity contribution < 1.29 is 37.3 Å².